The lowest BCUT2D eigenvalue weighted by atomic mass is 10.2. The Bertz CT molecular complexity index is 545. The molecule has 2 N–H and O–H groups in total. The number of aromatic amines is 1. The van der Waals surface area contributed by atoms with E-state index in [2.05, 4.69) is 20.0 Å². The van der Waals surface area contributed by atoms with Crippen LogP contribution in [0.2, 0.25) is 0 Å². The molecule has 0 saturated carbocycles. The topological polar surface area (TPSA) is 80.1 Å². The number of esters is 1. The second kappa shape index (κ2) is 5.71. The van der Waals surface area contributed by atoms with Crippen molar-refractivity contribution in [2.75, 3.05) is 7.11 Å². The Kier molecular flexibility index (Phi) is 4.01. The third-order valence-electron chi connectivity index (χ3n) is 2.89. The summed E-state index contributed by atoms with van der Waals surface area (Å²) in [6.07, 6.45) is 3.49. The maximum Gasteiger partial charge on any atom is 0.341 e. The normalized spacial score (nSPS) is 12.4. The van der Waals surface area contributed by atoms with E-state index in [0.29, 0.717) is 23.6 Å². The summed E-state index contributed by atoms with van der Waals surface area (Å²) in [6, 6.07) is 1.77. The summed E-state index contributed by atoms with van der Waals surface area (Å²) in [5, 5.41) is 3.26. The average molecular weight is 263 g/mol. The number of rotatable bonds is 5. The van der Waals surface area contributed by atoms with E-state index >= 15 is 0 Å². The Morgan fingerprint density at radius 3 is 3.05 bits per heavy atom. The van der Waals surface area contributed by atoms with E-state index < -0.39 is 0 Å². The number of carbonyl (C=O) groups excluding carboxylic acids is 1. The first-order chi connectivity index (χ1) is 9.11. The average Bonchev–Trinajstić information content (AvgIpc) is 3.04. The Morgan fingerprint density at radius 2 is 2.42 bits per heavy atom. The molecule has 0 aliphatic carbocycles. The van der Waals surface area contributed by atoms with Crippen LogP contribution < -0.4 is 5.32 Å². The molecule has 2 aromatic rings. The number of ether oxygens (including phenoxy) is 1. The quantitative estimate of drug-likeness (QED) is 0.806. The van der Waals surface area contributed by atoms with Gasteiger partial charge in [-0.1, -0.05) is 0 Å². The SMILES string of the molecule is COC(=O)c1cc(CNC(C)c2ncc[nH]2)oc1C. The number of carbonyl (C=O) groups is 1. The zero-order valence-corrected chi connectivity index (χ0v) is 11.2. The standard InChI is InChI=1S/C13H17N3O3/c1-8(12-14-4-5-15-12)16-7-10-6-11(9(2)19-10)13(17)18-3/h4-6,8,16H,7H2,1-3H3,(H,14,15). The van der Waals surface area contributed by atoms with Crippen LogP contribution in [0.15, 0.2) is 22.9 Å². The molecular weight excluding hydrogens is 246 g/mol. The van der Waals surface area contributed by atoms with Gasteiger partial charge in [0.05, 0.1) is 19.7 Å². The van der Waals surface area contributed by atoms with Crippen molar-refractivity contribution in [2.45, 2.75) is 26.4 Å². The molecule has 0 aliphatic heterocycles. The minimum Gasteiger partial charge on any atom is -0.465 e. The lowest BCUT2D eigenvalue weighted by Gasteiger charge is -2.09. The number of aryl methyl sites for hydroxylation is 1. The molecule has 6 nitrogen and oxygen atoms in total. The third-order valence-corrected chi connectivity index (χ3v) is 2.89. The van der Waals surface area contributed by atoms with E-state index in [1.165, 1.54) is 7.11 Å². The number of imidazole rings is 1. The van der Waals surface area contributed by atoms with Crippen LogP contribution in [0.3, 0.4) is 0 Å². The van der Waals surface area contributed by atoms with Crippen LogP contribution in [-0.4, -0.2) is 23.0 Å². The van der Waals surface area contributed by atoms with E-state index in [1.807, 2.05) is 6.92 Å². The van der Waals surface area contributed by atoms with Crippen LogP contribution in [0.5, 0.6) is 0 Å². The zero-order valence-electron chi connectivity index (χ0n) is 11.2. The lowest BCUT2D eigenvalue weighted by molar-refractivity contribution is 0.0599. The van der Waals surface area contributed by atoms with E-state index in [-0.39, 0.29) is 12.0 Å². The van der Waals surface area contributed by atoms with Gasteiger partial charge in [0.1, 0.15) is 22.9 Å². The summed E-state index contributed by atoms with van der Waals surface area (Å²) >= 11 is 0. The van der Waals surface area contributed by atoms with Gasteiger partial charge in [-0.05, 0) is 19.9 Å². The van der Waals surface area contributed by atoms with Gasteiger partial charge < -0.3 is 19.5 Å². The van der Waals surface area contributed by atoms with Crippen molar-refractivity contribution < 1.29 is 13.9 Å². The monoisotopic (exact) mass is 263 g/mol. The van der Waals surface area contributed by atoms with E-state index in [1.54, 1.807) is 25.4 Å². The molecule has 19 heavy (non-hydrogen) atoms. The number of aromatic nitrogens is 2. The van der Waals surface area contributed by atoms with E-state index in [4.69, 9.17) is 4.42 Å². The molecule has 2 heterocycles. The second-order valence-electron chi connectivity index (χ2n) is 4.25. The molecule has 1 atom stereocenters. The number of H-pyrrole nitrogens is 1. The minimum absolute atomic E-state index is 0.0713. The van der Waals surface area contributed by atoms with Crippen LogP contribution in [0.4, 0.5) is 0 Å². The molecule has 0 fully saturated rings. The first-order valence-corrected chi connectivity index (χ1v) is 6.02. The van der Waals surface area contributed by atoms with Crippen molar-refractivity contribution in [3.8, 4) is 0 Å². The van der Waals surface area contributed by atoms with Gasteiger partial charge in [0, 0.05) is 12.4 Å². The van der Waals surface area contributed by atoms with Gasteiger partial charge in [0.25, 0.3) is 0 Å². The Hall–Kier alpha value is -2.08. The summed E-state index contributed by atoms with van der Waals surface area (Å²) < 4.78 is 10.2. The van der Waals surface area contributed by atoms with Gasteiger partial charge in [-0.25, -0.2) is 9.78 Å². The van der Waals surface area contributed by atoms with Gasteiger partial charge in [0.2, 0.25) is 0 Å². The van der Waals surface area contributed by atoms with Crippen LogP contribution in [-0.2, 0) is 11.3 Å². The molecule has 1 unspecified atom stereocenters. The molecule has 2 rings (SSSR count). The molecule has 6 heteroatoms. The van der Waals surface area contributed by atoms with Crippen LogP contribution in [0, 0.1) is 6.92 Å². The molecular formula is C13H17N3O3. The van der Waals surface area contributed by atoms with Gasteiger partial charge in [-0.3, -0.25) is 0 Å². The fourth-order valence-corrected chi connectivity index (χ4v) is 1.81. The lowest BCUT2D eigenvalue weighted by Crippen LogP contribution is -2.18. The van der Waals surface area contributed by atoms with Crippen LogP contribution in [0.25, 0.3) is 0 Å². The number of hydrogen-bond acceptors (Lipinski definition) is 5. The fraction of sp³-hybridized carbons (Fsp3) is 0.385. The summed E-state index contributed by atoms with van der Waals surface area (Å²) in [4.78, 5) is 18.7. The highest BCUT2D eigenvalue weighted by Gasteiger charge is 2.16. The summed E-state index contributed by atoms with van der Waals surface area (Å²) in [5.74, 6) is 1.73. The van der Waals surface area contributed by atoms with Crippen LogP contribution in [0.1, 0.15) is 40.7 Å². The Balaban J connectivity index is 1.98. The van der Waals surface area contributed by atoms with E-state index in [0.717, 1.165) is 5.82 Å². The summed E-state index contributed by atoms with van der Waals surface area (Å²) in [5.41, 5.74) is 0.463. The van der Waals surface area contributed by atoms with Crippen molar-refractivity contribution in [3.63, 3.8) is 0 Å². The molecule has 2 aromatic heterocycles. The van der Waals surface area contributed by atoms with Gasteiger partial charge in [-0.15, -0.1) is 0 Å². The van der Waals surface area contributed by atoms with Crippen molar-refractivity contribution >= 4 is 5.97 Å². The van der Waals surface area contributed by atoms with Crippen LogP contribution >= 0.6 is 0 Å². The van der Waals surface area contributed by atoms with Crippen molar-refractivity contribution in [1.29, 1.82) is 0 Å². The Morgan fingerprint density at radius 1 is 1.63 bits per heavy atom. The number of nitrogens with one attached hydrogen (secondary N) is 2. The molecule has 0 spiro atoms. The number of nitrogens with zero attached hydrogens (tertiary/aromatic N) is 1. The van der Waals surface area contributed by atoms with Gasteiger partial charge >= 0.3 is 5.97 Å². The van der Waals surface area contributed by atoms with Crippen molar-refractivity contribution in [2.24, 2.45) is 0 Å². The molecule has 0 radical (unpaired) electrons. The zero-order chi connectivity index (χ0) is 13.8. The molecule has 0 saturated heterocycles. The molecule has 102 valence electrons. The Labute approximate surface area is 111 Å². The summed E-state index contributed by atoms with van der Waals surface area (Å²) in [7, 11) is 1.35. The predicted molar refractivity (Wildman–Crippen MR) is 68.6 cm³/mol. The number of methoxy groups -OCH3 is 1. The molecule has 0 bridgehead atoms. The minimum atomic E-state index is -0.383. The predicted octanol–water partition coefficient (Wildman–Crippen LogP) is 1.95. The summed E-state index contributed by atoms with van der Waals surface area (Å²) in [6.45, 7) is 4.25. The van der Waals surface area contributed by atoms with E-state index in [9.17, 15) is 4.79 Å². The molecule has 0 amide bonds. The second-order valence-corrected chi connectivity index (χ2v) is 4.25. The van der Waals surface area contributed by atoms with Crippen molar-refractivity contribution in [3.05, 3.63) is 41.4 Å². The highest BCUT2D eigenvalue weighted by molar-refractivity contribution is 5.90. The highest BCUT2D eigenvalue weighted by atomic mass is 16.5. The molecule has 0 aromatic carbocycles. The van der Waals surface area contributed by atoms with Gasteiger partial charge in [-0.2, -0.15) is 0 Å². The first kappa shape index (κ1) is 13.4. The maximum absolute atomic E-state index is 11.5. The van der Waals surface area contributed by atoms with Gasteiger partial charge in [0.15, 0.2) is 0 Å². The first-order valence-electron chi connectivity index (χ1n) is 6.02. The molecule has 0 aliphatic rings. The smallest absolute Gasteiger partial charge is 0.341 e. The highest BCUT2D eigenvalue weighted by Crippen LogP contribution is 2.16. The number of hydrogen-bond donors (Lipinski definition) is 2. The maximum atomic E-state index is 11.5. The largest absolute Gasteiger partial charge is 0.465 e. The third kappa shape index (κ3) is 3.03. The van der Waals surface area contributed by atoms with Crippen molar-refractivity contribution in [1.82, 2.24) is 15.3 Å². The fourth-order valence-electron chi connectivity index (χ4n) is 1.81. The number of furan rings is 1.